The van der Waals surface area contributed by atoms with Crippen molar-refractivity contribution >= 4 is 0 Å². The van der Waals surface area contributed by atoms with E-state index in [4.69, 9.17) is 0 Å². The minimum absolute atomic E-state index is 0.0272. The fourth-order valence-electron chi connectivity index (χ4n) is 1.70. The van der Waals surface area contributed by atoms with Crippen LogP contribution in [-0.4, -0.2) is 19.9 Å². The van der Waals surface area contributed by atoms with Crippen LogP contribution in [0.3, 0.4) is 0 Å². The summed E-state index contributed by atoms with van der Waals surface area (Å²) in [5.41, 5.74) is 4.97. The highest BCUT2D eigenvalue weighted by Gasteiger charge is 2.11. The number of aliphatic hydroxyl groups excluding tert-OH is 1. The molecule has 0 unspecified atom stereocenters. The molecule has 16 heavy (non-hydrogen) atoms. The molecule has 0 spiro atoms. The smallest absolute Gasteiger partial charge is 0.0734 e. The Hall–Kier alpha value is -1.68. The quantitative estimate of drug-likeness (QED) is 0.832. The Balaban J connectivity index is 2.63. The van der Waals surface area contributed by atoms with Gasteiger partial charge in [-0.05, 0) is 32.4 Å². The first-order valence-electron chi connectivity index (χ1n) is 5.22. The summed E-state index contributed by atoms with van der Waals surface area (Å²) in [5.74, 6) is 0. The number of hydrogen-bond acceptors (Lipinski definition) is 3. The van der Waals surface area contributed by atoms with Gasteiger partial charge in [0, 0.05) is 23.7 Å². The molecule has 0 amide bonds. The van der Waals surface area contributed by atoms with Gasteiger partial charge in [-0.25, -0.2) is 4.68 Å². The second-order valence-electron chi connectivity index (χ2n) is 3.87. The van der Waals surface area contributed by atoms with Gasteiger partial charge in [-0.1, -0.05) is 0 Å². The van der Waals surface area contributed by atoms with Crippen LogP contribution in [0.1, 0.15) is 22.5 Å². The van der Waals surface area contributed by atoms with Crippen molar-refractivity contribution in [1.82, 2.24) is 14.8 Å². The molecule has 4 nitrogen and oxygen atoms in total. The predicted octanol–water partition coefficient (Wildman–Crippen LogP) is 1.68. The summed E-state index contributed by atoms with van der Waals surface area (Å²) in [6, 6.07) is 1.87. The predicted molar refractivity (Wildman–Crippen MR) is 61.5 cm³/mol. The van der Waals surface area contributed by atoms with Crippen LogP contribution < -0.4 is 0 Å². The maximum absolute atomic E-state index is 9.27. The minimum Gasteiger partial charge on any atom is -0.392 e. The zero-order chi connectivity index (χ0) is 11.7. The summed E-state index contributed by atoms with van der Waals surface area (Å²) in [5, 5.41) is 13.7. The van der Waals surface area contributed by atoms with Gasteiger partial charge in [0.2, 0.25) is 0 Å². The van der Waals surface area contributed by atoms with Gasteiger partial charge in [-0.2, -0.15) is 5.10 Å². The molecule has 1 N–H and O–H groups in total. The molecule has 0 atom stereocenters. The zero-order valence-corrected chi connectivity index (χ0v) is 9.73. The molecular formula is C12H15N3O. The lowest BCUT2D eigenvalue weighted by Crippen LogP contribution is -2.04. The van der Waals surface area contributed by atoms with Gasteiger partial charge in [-0.15, -0.1) is 0 Å². The third-order valence-electron chi connectivity index (χ3n) is 2.93. The van der Waals surface area contributed by atoms with Crippen molar-refractivity contribution in [2.24, 2.45) is 0 Å². The molecule has 2 aromatic rings. The first-order chi connectivity index (χ1) is 7.65. The van der Waals surface area contributed by atoms with E-state index in [1.807, 2.05) is 31.5 Å². The molecule has 0 saturated heterocycles. The Bertz CT molecular complexity index is 517. The van der Waals surface area contributed by atoms with Crippen molar-refractivity contribution in [3.63, 3.8) is 0 Å². The number of aryl methyl sites for hydroxylation is 1. The summed E-state index contributed by atoms with van der Waals surface area (Å²) >= 11 is 0. The molecule has 0 aromatic carbocycles. The molecule has 0 aliphatic carbocycles. The maximum Gasteiger partial charge on any atom is 0.0734 e. The summed E-state index contributed by atoms with van der Waals surface area (Å²) < 4.78 is 1.86. The molecule has 0 aliphatic heterocycles. The Morgan fingerprint density at radius 1 is 1.31 bits per heavy atom. The number of aromatic nitrogens is 3. The molecule has 0 aliphatic rings. The lowest BCUT2D eigenvalue weighted by Gasteiger charge is -2.08. The van der Waals surface area contributed by atoms with E-state index in [-0.39, 0.29) is 6.61 Å². The highest BCUT2D eigenvalue weighted by atomic mass is 16.3. The highest BCUT2D eigenvalue weighted by molar-refractivity contribution is 5.41. The van der Waals surface area contributed by atoms with Crippen molar-refractivity contribution in [1.29, 1.82) is 0 Å². The average molecular weight is 217 g/mol. The summed E-state index contributed by atoms with van der Waals surface area (Å²) in [6.45, 7) is 6.03. The fourth-order valence-corrected chi connectivity index (χ4v) is 1.70. The third kappa shape index (κ3) is 1.61. The topological polar surface area (TPSA) is 50.9 Å². The summed E-state index contributed by atoms with van der Waals surface area (Å²) in [4.78, 5) is 4.00. The fraction of sp³-hybridized carbons (Fsp3) is 0.333. The standard InChI is InChI=1S/C12H15N3O/c1-8-9(2)14-15(10(8)3)12-4-5-13-6-11(12)7-16/h4-6,16H,7H2,1-3H3. The second-order valence-corrected chi connectivity index (χ2v) is 3.87. The molecular weight excluding hydrogens is 202 g/mol. The zero-order valence-electron chi connectivity index (χ0n) is 9.73. The average Bonchev–Trinajstić information content (AvgIpc) is 2.57. The van der Waals surface area contributed by atoms with Crippen LogP contribution in [0.4, 0.5) is 0 Å². The number of nitrogens with zero attached hydrogens (tertiary/aromatic N) is 3. The van der Waals surface area contributed by atoms with E-state index in [0.717, 1.165) is 22.6 Å². The van der Waals surface area contributed by atoms with E-state index in [9.17, 15) is 5.11 Å². The number of rotatable bonds is 2. The van der Waals surface area contributed by atoms with Crippen molar-refractivity contribution in [2.45, 2.75) is 27.4 Å². The van der Waals surface area contributed by atoms with E-state index in [1.54, 1.807) is 12.4 Å². The monoisotopic (exact) mass is 217 g/mol. The van der Waals surface area contributed by atoms with Gasteiger partial charge in [-0.3, -0.25) is 4.98 Å². The van der Waals surface area contributed by atoms with E-state index in [2.05, 4.69) is 10.1 Å². The largest absolute Gasteiger partial charge is 0.392 e. The SMILES string of the molecule is Cc1nn(-c2ccncc2CO)c(C)c1C. The first kappa shape index (κ1) is 10.8. The molecule has 4 heteroatoms. The van der Waals surface area contributed by atoms with Crippen molar-refractivity contribution in [2.75, 3.05) is 0 Å². The minimum atomic E-state index is -0.0272. The molecule has 0 fully saturated rings. The lowest BCUT2D eigenvalue weighted by molar-refractivity contribution is 0.281. The Morgan fingerprint density at radius 2 is 2.06 bits per heavy atom. The van der Waals surface area contributed by atoms with Gasteiger partial charge in [0.05, 0.1) is 18.0 Å². The van der Waals surface area contributed by atoms with Crippen LogP contribution in [0, 0.1) is 20.8 Å². The van der Waals surface area contributed by atoms with Gasteiger partial charge in [0.1, 0.15) is 0 Å². The van der Waals surface area contributed by atoms with Gasteiger partial charge in [0.15, 0.2) is 0 Å². The van der Waals surface area contributed by atoms with Crippen molar-refractivity contribution in [3.05, 3.63) is 41.0 Å². The number of pyridine rings is 1. The maximum atomic E-state index is 9.27. The van der Waals surface area contributed by atoms with E-state index in [0.29, 0.717) is 0 Å². The van der Waals surface area contributed by atoms with Crippen LogP contribution >= 0.6 is 0 Å². The van der Waals surface area contributed by atoms with E-state index >= 15 is 0 Å². The number of aliphatic hydroxyl groups is 1. The first-order valence-corrected chi connectivity index (χ1v) is 5.22. The van der Waals surface area contributed by atoms with E-state index < -0.39 is 0 Å². The highest BCUT2D eigenvalue weighted by Crippen LogP contribution is 2.19. The lowest BCUT2D eigenvalue weighted by atomic mass is 10.2. The molecule has 2 heterocycles. The Kier molecular flexibility index (Phi) is 2.75. The van der Waals surface area contributed by atoms with Crippen molar-refractivity contribution in [3.8, 4) is 5.69 Å². The van der Waals surface area contributed by atoms with Crippen LogP contribution in [-0.2, 0) is 6.61 Å². The summed E-state index contributed by atoms with van der Waals surface area (Å²) in [7, 11) is 0. The Labute approximate surface area is 94.6 Å². The molecule has 84 valence electrons. The van der Waals surface area contributed by atoms with Gasteiger partial charge < -0.3 is 5.11 Å². The summed E-state index contributed by atoms with van der Waals surface area (Å²) in [6.07, 6.45) is 3.38. The van der Waals surface area contributed by atoms with Gasteiger partial charge in [0.25, 0.3) is 0 Å². The second kappa shape index (κ2) is 4.06. The molecule has 2 aromatic heterocycles. The van der Waals surface area contributed by atoms with E-state index in [1.165, 1.54) is 5.56 Å². The third-order valence-corrected chi connectivity index (χ3v) is 2.93. The Morgan fingerprint density at radius 3 is 2.62 bits per heavy atom. The van der Waals surface area contributed by atoms with Crippen LogP contribution in [0.2, 0.25) is 0 Å². The molecule has 0 bridgehead atoms. The molecule has 2 rings (SSSR count). The van der Waals surface area contributed by atoms with Crippen LogP contribution in [0.15, 0.2) is 18.5 Å². The van der Waals surface area contributed by atoms with Crippen LogP contribution in [0.25, 0.3) is 5.69 Å². The normalized spacial score (nSPS) is 10.8. The van der Waals surface area contributed by atoms with Crippen LogP contribution in [0.5, 0.6) is 0 Å². The molecule has 0 saturated carbocycles. The molecule has 0 radical (unpaired) electrons. The van der Waals surface area contributed by atoms with Crippen molar-refractivity contribution < 1.29 is 5.11 Å². The number of hydrogen-bond donors (Lipinski definition) is 1. The van der Waals surface area contributed by atoms with Gasteiger partial charge >= 0.3 is 0 Å².